The number of nitrogens with two attached hydrogens (primary N) is 1. The molecule has 19 heavy (non-hydrogen) atoms. The Balaban J connectivity index is 2.22. The molecule has 0 saturated carbocycles. The molecule has 0 amide bonds. The van der Waals surface area contributed by atoms with Crippen LogP contribution in [0.25, 0.3) is 0 Å². The Hall–Kier alpha value is -1.23. The highest BCUT2D eigenvalue weighted by Crippen LogP contribution is 2.29. The number of benzene rings is 1. The van der Waals surface area contributed by atoms with E-state index < -0.39 is 11.6 Å². The van der Waals surface area contributed by atoms with Gasteiger partial charge in [0.15, 0.2) is 11.6 Å². The SMILES string of the molecule is CCC1CCN(c2ccc(C(N)=S)c(F)c2F)CC1. The van der Waals surface area contributed by atoms with E-state index in [4.69, 9.17) is 18.0 Å². The van der Waals surface area contributed by atoms with Gasteiger partial charge in [0.1, 0.15) is 4.99 Å². The normalized spacial score (nSPS) is 16.7. The largest absolute Gasteiger partial charge is 0.389 e. The summed E-state index contributed by atoms with van der Waals surface area (Å²) in [7, 11) is 0. The van der Waals surface area contributed by atoms with Gasteiger partial charge < -0.3 is 10.6 Å². The Morgan fingerprint density at radius 3 is 2.47 bits per heavy atom. The zero-order valence-electron chi connectivity index (χ0n) is 11.0. The molecule has 1 heterocycles. The van der Waals surface area contributed by atoms with Gasteiger partial charge >= 0.3 is 0 Å². The lowest BCUT2D eigenvalue weighted by atomic mass is 9.94. The van der Waals surface area contributed by atoms with Crippen molar-refractivity contribution in [2.45, 2.75) is 26.2 Å². The summed E-state index contributed by atoms with van der Waals surface area (Å²) in [6.07, 6.45) is 3.19. The third kappa shape index (κ3) is 2.86. The van der Waals surface area contributed by atoms with E-state index >= 15 is 0 Å². The molecule has 1 saturated heterocycles. The van der Waals surface area contributed by atoms with Crippen LogP contribution in [0.2, 0.25) is 0 Å². The van der Waals surface area contributed by atoms with Crippen LogP contribution < -0.4 is 10.6 Å². The van der Waals surface area contributed by atoms with Crippen LogP contribution in [0.5, 0.6) is 0 Å². The van der Waals surface area contributed by atoms with Crippen LogP contribution in [0.3, 0.4) is 0 Å². The zero-order chi connectivity index (χ0) is 14.0. The first-order chi connectivity index (χ1) is 9.04. The molecule has 0 unspecified atom stereocenters. The summed E-state index contributed by atoms with van der Waals surface area (Å²) in [5, 5.41) is 0. The average molecular weight is 284 g/mol. The van der Waals surface area contributed by atoms with E-state index in [0.717, 1.165) is 32.4 Å². The maximum absolute atomic E-state index is 14.1. The molecule has 5 heteroatoms. The lowest BCUT2D eigenvalue weighted by molar-refractivity contribution is 0.391. The summed E-state index contributed by atoms with van der Waals surface area (Å²) in [6, 6.07) is 3.03. The molecule has 1 aliphatic heterocycles. The standard InChI is InChI=1S/C14H18F2N2S/c1-2-9-5-7-18(8-6-9)11-4-3-10(14(17)19)12(15)13(11)16/h3-4,9H,2,5-8H2,1H3,(H2,17,19). The van der Waals surface area contributed by atoms with E-state index in [-0.39, 0.29) is 10.6 Å². The van der Waals surface area contributed by atoms with E-state index in [9.17, 15) is 8.78 Å². The van der Waals surface area contributed by atoms with Gasteiger partial charge in [0.05, 0.1) is 5.69 Å². The molecule has 0 aromatic heterocycles. The van der Waals surface area contributed by atoms with Gasteiger partial charge in [0, 0.05) is 18.7 Å². The van der Waals surface area contributed by atoms with Crippen molar-refractivity contribution in [3.63, 3.8) is 0 Å². The minimum atomic E-state index is -0.942. The van der Waals surface area contributed by atoms with Crippen molar-refractivity contribution in [1.82, 2.24) is 0 Å². The number of halogens is 2. The first kappa shape index (κ1) is 14.2. The van der Waals surface area contributed by atoms with Gasteiger partial charge in [-0.1, -0.05) is 25.6 Å². The van der Waals surface area contributed by atoms with Crippen LogP contribution in [0.4, 0.5) is 14.5 Å². The summed E-state index contributed by atoms with van der Waals surface area (Å²) in [6.45, 7) is 3.69. The second-order valence-electron chi connectivity index (χ2n) is 4.96. The monoisotopic (exact) mass is 284 g/mol. The Labute approximate surface area is 117 Å². The number of hydrogen-bond donors (Lipinski definition) is 1. The third-order valence-corrected chi connectivity index (χ3v) is 4.08. The van der Waals surface area contributed by atoms with Gasteiger partial charge in [-0.25, -0.2) is 8.78 Å². The average Bonchev–Trinajstić information content (AvgIpc) is 2.41. The maximum Gasteiger partial charge on any atom is 0.182 e. The highest BCUT2D eigenvalue weighted by Gasteiger charge is 2.23. The fourth-order valence-corrected chi connectivity index (χ4v) is 2.71. The Bertz CT molecular complexity index is 483. The van der Waals surface area contributed by atoms with Crippen LogP contribution >= 0.6 is 12.2 Å². The number of nitrogens with zero attached hydrogens (tertiary/aromatic N) is 1. The van der Waals surface area contributed by atoms with Crippen molar-refractivity contribution in [3.8, 4) is 0 Å². The van der Waals surface area contributed by atoms with E-state index in [0.29, 0.717) is 11.6 Å². The maximum atomic E-state index is 14.1. The Morgan fingerprint density at radius 2 is 1.95 bits per heavy atom. The van der Waals surface area contributed by atoms with E-state index in [1.165, 1.54) is 6.07 Å². The van der Waals surface area contributed by atoms with Gasteiger partial charge in [-0.05, 0) is 30.9 Å². The van der Waals surface area contributed by atoms with Gasteiger partial charge in [-0.2, -0.15) is 0 Å². The topological polar surface area (TPSA) is 29.3 Å². The molecule has 2 nitrogen and oxygen atoms in total. The predicted octanol–water partition coefficient (Wildman–Crippen LogP) is 3.23. The molecule has 0 atom stereocenters. The molecule has 0 radical (unpaired) electrons. The van der Waals surface area contributed by atoms with Crippen molar-refractivity contribution in [2.24, 2.45) is 11.7 Å². The first-order valence-electron chi connectivity index (χ1n) is 6.57. The lowest BCUT2D eigenvalue weighted by Crippen LogP contribution is -2.34. The molecule has 1 fully saturated rings. The lowest BCUT2D eigenvalue weighted by Gasteiger charge is -2.33. The molecule has 1 aromatic carbocycles. The summed E-state index contributed by atoms with van der Waals surface area (Å²) >= 11 is 4.70. The van der Waals surface area contributed by atoms with Gasteiger partial charge in [-0.3, -0.25) is 0 Å². The van der Waals surface area contributed by atoms with Crippen LogP contribution in [-0.2, 0) is 0 Å². The minimum absolute atomic E-state index is 0.0281. The summed E-state index contributed by atoms with van der Waals surface area (Å²) in [4.78, 5) is 1.78. The van der Waals surface area contributed by atoms with Crippen molar-refractivity contribution >= 4 is 22.9 Å². The Morgan fingerprint density at radius 1 is 1.32 bits per heavy atom. The second-order valence-corrected chi connectivity index (χ2v) is 5.40. The molecule has 2 rings (SSSR count). The summed E-state index contributed by atoms with van der Waals surface area (Å²) in [5.41, 5.74) is 5.64. The highest BCUT2D eigenvalue weighted by atomic mass is 32.1. The predicted molar refractivity (Wildman–Crippen MR) is 77.5 cm³/mol. The van der Waals surface area contributed by atoms with Crippen LogP contribution in [0.1, 0.15) is 31.7 Å². The van der Waals surface area contributed by atoms with E-state index in [1.54, 1.807) is 6.07 Å². The Kier molecular flexibility index (Phi) is 4.34. The fourth-order valence-electron chi connectivity index (χ4n) is 2.56. The smallest absolute Gasteiger partial charge is 0.182 e. The van der Waals surface area contributed by atoms with Gasteiger partial charge in [0.2, 0.25) is 0 Å². The van der Waals surface area contributed by atoms with Crippen molar-refractivity contribution < 1.29 is 8.78 Å². The van der Waals surface area contributed by atoms with E-state index in [2.05, 4.69) is 6.92 Å². The number of hydrogen-bond acceptors (Lipinski definition) is 2. The van der Waals surface area contributed by atoms with Gasteiger partial charge in [0.25, 0.3) is 0 Å². The third-order valence-electron chi connectivity index (χ3n) is 3.86. The number of rotatable bonds is 3. The van der Waals surface area contributed by atoms with Crippen LogP contribution in [0.15, 0.2) is 12.1 Å². The highest BCUT2D eigenvalue weighted by molar-refractivity contribution is 7.80. The second kappa shape index (κ2) is 5.82. The molecular formula is C14H18F2N2S. The van der Waals surface area contributed by atoms with Crippen molar-refractivity contribution in [1.29, 1.82) is 0 Å². The van der Waals surface area contributed by atoms with E-state index in [1.807, 2.05) is 4.90 Å². The van der Waals surface area contributed by atoms with Crippen molar-refractivity contribution in [2.75, 3.05) is 18.0 Å². The minimum Gasteiger partial charge on any atom is -0.389 e. The van der Waals surface area contributed by atoms with Gasteiger partial charge in [-0.15, -0.1) is 0 Å². The molecule has 0 aliphatic carbocycles. The zero-order valence-corrected chi connectivity index (χ0v) is 11.8. The summed E-state index contributed by atoms with van der Waals surface area (Å²) < 4.78 is 27.9. The summed E-state index contributed by atoms with van der Waals surface area (Å²) in [5.74, 6) is -1.09. The van der Waals surface area contributed by atoms with Crippen molar-refractivity contribution in [3.05, 3.63) is 29.3 Å². The quantitative estimate of drug-likeness (QED) is 0.864. The first-order valence-corrected chi connectivity index (χ1v) is 6.98. The molecule has 0 spiro atoms. The number of piperidine rings is 1. The number of thiocarbonyl (C=S) groups is 1. The fraction of sp³-hybridized carbons (Fsp3) is 0.500. The molecule has 1 aromatic rings. The van der Waals surface area contributed by atoms with Crippen LogP contribution in [0, 0.1) is 17.6 Å². The molecule has 2 N–H and O–H groups in total. The number of anilines is 1. The molecule has 0 bridgehead atoms. The van der Waals surface area contributed by atoms with Crippen LogP contribution in [-0.4, -0.2) is 18.1 Å². The molecular weight excluding hydrogens is 266 g/mol. The molecule has 104 valence electrons. The molecule has 1 aliphatic rings.